The fourth-order valence-corrected chi connectivity index (χ4v) is 3.74. The molecule has 1 saturated heterocycles. The number of carbonyl (C=O) groups is 1. The molecule has 1 amide bonds. The highest BCUT2D eigenvalue weighted by Gasteiger charge is 2.28. The molecule has 1 N–H and O–H groups in total. The largest absolute Gasteiger partial charge is 0.454 e. The number of amides is 1. The second-order valence-electron chi connectivity index (χ2n) is 8.76. The number of piperidine rings is 1. The third-order valence-corrected chi connectivity index (χ3v) is 5.15. The van der Waals surface area contributed by atoms with Gasteiger partial charge in [-0.3, -0.25) is 0 Å². The maximum atomic E-state index is 12.5. The minimum absolute atomic E-state index is 0.0278. The Kier molecular flexibility index (Phi) is 5.55. The lowest BCUT2D eigenvalue weighted by molar-refractivity contribution is 0.0206. The zero-order valence-corrected chi connectivity index (χ0v) is 18.0. The summed E-state index contributed by atoms with van der Waals surface area (Å²) in [5.41, 5.74) is 1.31. The fraction of sp³-hybridized carbons (Fsp3) is 0.375. The van der Waals surface area contributed by atoms with Crippen molar-refractivity contribution in [3.05, 3.63) is 48.2 Å². The molecule has 1 aliphatic heterocycles. The summed E-state index contributed by atoms with van der Waals surface area (Å²) in [5, 5.41) is 13.7. The molecule has 1 atom stereocenters. The molecule has 31 heavy (non-hydrogen) atoms. The summed E-state index contributed by atoms with van der Waals surface area (Å²) in [5.74, 6) is 1.33. The van der Waals surface area contributed by atoms with Gasteiger partial charge >= 0.3 is 6.09 Å². The predicted molar refractivity (Wildman–Crippen MR) is 119 cm³/mol. The highest BCUT2D eigenvalue weighted by Crippen LogP contribution is 2.33. The van der Waals surface area contributed by atoms with Crippen LogP contribution in [0.25, 0.3) is 22.3 Å². The first-order valence-corrected chi connectivity index (χ1v) is 10.5. The molecular weight excluding hydrogens is 392 g/mol. The van der Waals surface area contributed by atoms with Gasteiger partial charge in [0.15, 0.2) is 5.58 Å². The van der Waals surface area contributed by atoms with Crippen molar-refractivity contribution in [2.24, 2.45) is 0 Å². The quantitative estimate of drug-likeness (QED) is 0.630. The number of carbonyl (C=O) groups excluding carboxylic acids is 1. The maximum absolute atomic E-state index is 12.5. The van der Waals surface area contributed by atoms with E-state index in [1.165, 1.54) is 6.20 Å². The molecule has 0 radical (unpaired) electrons. The van der Waals surface area contributed by atoms with E-state index in [1.807, 2.05) is 57.2 Å². The summed E-state index contributed by atoms with van der Waals surface area (Å²) >= 11 is 0. The van der Waals surface area contributed by atoms with Crippen LogP contribution >= 0.6 is 0 Å². The topological polar surface area (TPSA) is 91.4 Å². The second-order valence-corrected chi connectivity index (χ2v) is 8.76. The lowest BCUT2D eigenvalue weighted by Gasteiger charge is -2.34. The van der Waals surface area contributed by atoms with Crippen LogP contribution in [-0.4, -0.2) is 40.7 Å². The molecule has 1 fully saturated rings. The first kappa shape index (κ1) is 20.7. The highest BCUT2D eigenvalue weighted by molar-refractivity contribution is 5.94. The number of nitriles is 1. The van der Waals surface area contributed by atoms with Gasteiger partial charge in [-0.1, -0.05) is 30.3 Å². The smallest absolute Gasteiger partial charge is 0.410 e. The number of likely N-dealkylation sites (tertiary alicyclic amines) is 1. The van der Waals surface area contributed by atoms with Crippen LogP contribution in [0.5, 0.6) is 0 Å². The van der Waals surface area contributed by atoms with Gasteiger partial charge in [-0.2, -0.15) is 5.26 Å². The van der Waals surface area contributed by atoms with Crippen LogP contribution in [0.2, 0.25) is 0 Å². The molecule has 7 heteroatoms. The third-order valence-electron chi connectivity index (χ3n) is 5.15. The van der Waals surface area contributed by atoms with Crippen LogP contribution in [0.15, 0.2) is 47.0 Å². The van der Waals surface area contributed by atoms with Crippen molar-refractivity contribution in [3.8, 4) is 17.4 Å². The van der Waals surface area contributed by atoms with E-state index in [0.29, 0.717) is 35.8 Å². The SMILES string of the molecule is CC(C)(C)OC(=O)N1CCC[C@H](Nc2ncc(C#N)c3oc(-c4ccccc4)cc23)C1. The number of ether oxygens (including phenoxy) is 1. The Bertz CT molecular complexity index is 1130. The number of anilines is 1. The standard InChI is InChI=1S/C24H26N4O3/c1-24(2,3)31-23(29)28-11-7-10-18(15-28)27-22-19-12-20(16-8-5-4-6-9-16)30-21(19)17(13-25)14-26-22/h4-6,8-9,12,14,18H,7,10-11,15H2,1-3H3,(H,26,27)/t18-/m0/s1. The minimum atomic E-state index is -0.525. The molecule has 3 aromatic rings. The first-order valence-electron chi connectivity index (χ1n) is 10.5. The predicted octanol–water partition coefficient (Wildman–Crippen LogP) is 5.18. The molecule has 0 saturated carbocycles. The number of nitrogens with one attached hydrogen (secondary N) is 1. The van der Waals surface area contributed by atoms with Crippen molar-refractivity contribution in [1.82, 2.24) is 9.88 Å². The molecule has 160 valence electrons. The fourth-order valence-electron chi connectivity index (χ4n) is 3.74. The average molecular weight is 418 g/mol. The van der Waals surface area contributed by atoms with E-state index in [9.17, 15) is 10.1 Å². The van der Waals surface area contributed by atoms with Gasteiger partial charge in [-0.15, -0.1) is 0 Å². The monoisotopic (exact) mass is 418 g/mol. The highest BCUT2D eigenvalue weighted by atomic mass is 16.6. The third kappa shape index (κ3) is 4.64. The maximum Gasteiger partial charge on any atom is 0.410 e. The second kappa shape index (κ2) is 8.31. The molecule has 0 bridgehead atoms. The number of nitrogens with zero attached hydrogens (tertiary/aromatic N) is 3. The zero-order chi connectivity index (χ0) is 22.0. The summed E-state index contributed by atoms with van der Waals surface area (Å²) in [7, 11) is 0. The van der Waals surface area contributed by atoms with E-state index < -0.39 is 5.60 Å². The van der Waals surface area contributed by atoms with Crippen LogP contribution < -0.4 is 5.32 Å². The van der Waals surface area contributed by atoms with Crippen LogP contribution in [0, 0.1) is 11.3 Å². The van der Waals surface area contributed by atoms with E-state index in [0.717, 1.165) is 23.8 Å². The van der Waals surface area contributed by atoms with E-state index in [1.54, 1.807) is 4.90 Å². The normalized spacial score (nSPS) is 16.7. The van der Waals surface area contributed by atoms with Crippen LogP contribution in [0.4, 0.5) is 10.6 Å². The first-order chi connectivity index (χ1) is 14.8. The number of aromatic nitrogens is 1. The summed E-state index contributed by atoms with van der Waals surface area (Å²) < 4.78 is 11.6. The molecule has 4 rings (SSSR count). The van der Waals surface area contributed by atoms with E-state index >= 15 is 0 Å². The van der Waals surface area contributed by atoms with Crippen molar-refractivity contribution >= 4 is 22.9 Å². The number of pyridine rings is 1. The van der Waals surface area contributed by atoms with Gasteiger partial charge in [0.1, 0.15) is 28.8 Å². The number of rotatable bonds is 3. The Morgan fingerprint density at radius 2 is 2.10 bits per heavy atom. The summed E-state index contributed by atoms with van der Waals surface area (Å²) in [4.78, 5) is 18.7. The van der Waals surface area contributed by atoms with Gasteiger partial charge in [-0.25, -0.2) is 9.78 Å². The van der Waals surface area contributed by atoms with Gasteiger partial charge in [-0.05, 0) is 39.7 Å². The van der Waals surface area contributed by atoms with Crippen molar-refractivity contribution in [1.29, 1.82) is 5.26 Å². The van der Waals surface area contributed by atoms with Gasteiger partial charge in [0.25, 0.3) is 0 Å². The molecule has 0 spiro atoms. The Balaban J connectivity index is 1.59. The molecular formula is C24H26N4O3. The summed E-state index contributed by atoms with van der Waals surface area (Å²) in [6.07, 6.45) is 3.01. The number of hydrogen-bond donors (Lipinski definition) is 1. The Morgan fingerprint density at radius 1 is 1.32 bits per heavy atom. The molecule has 7 nitrogen and oxygen atoms in total. The molecule has 2 aromatic heterocycles. The number of hydrogen-bond acceptors (Lipinski definition) is 6. The van der Waals surface area contributed by atoms with Crippen molar-refractivity contribution in [2.75, 3.05) is 18.4 Å². The molecule has 3 heterocycles. The Hall–Kier alpha value is -3.53. The number of furan rings is 1. The zero-order valence-electron chi connectivity index (χ0n) is 18.0. The molecule has 1 aliphatic rings. The number of benzene rings is 1. The van der Waals surface area contributed by atoms with Crippen molar-refractivity contribution in [2.45, 2.75) is 45.3 Å². The van der Waals surface area contributed by atoms with Gasteiger partial charge in [0.05, 0.1) is 11.6 Å². The van der Waals surface area contributed by atoms with Crippen LogP contribution in [0.3, 0.4) is 0 Å². The van der Waals surface area contributed by atoms with E-state index in [-0.39, 0.29) is 12.1 Å². The lowest BCUT2D eigenvalue weighted by Crippen LogP contribution is -2.47. The average Bonchev–Trinajstić information content (AvgIpc) is 3.20. The Labute approximate surface area is 181 Å². The van der Waals surface area contributed by atoms with Gasteiger partial charge in [0.2, 0.25) is 0 Å². The summed E-state index contributed by atoms with van der Waals surface area (Å²) in [6.45, 7) is 6.80. The van der Waals surface area contributed by atoms with Crippen LogP contribution in [0.1, 0.15) is 39.2 Å². The summed E-state index contributed by atoms with van der Waals surface area (Å²) in [6, 6.07) is 13.9. The van der Waals surface area contributed by atoms with Gasteiger partial charge in [0, 0.05) is 24.7 Å². The van der Waals surface area contributed by atoms with Crippen LogP contribution in [-0.2, 0) is 4.74 Å². The van der Waals surface area contributed by atoms with E-state index in [4.69, 9.17) is 9.15 Å². The molecule has 1 aromatic carbocycles. The van der Waals surface area contributed by atoms with Gasteiger partial charge < -0.3 is 19.4 Å². The molecule has 0 unspecified atom stereocenters. The lowest BCUT2D eigenvalue weighted by atomic mass is 10.1. The molecule has 0 aliphatic carbocycles. The van der Waals surface area contributed by atoms with Crippen molar-refractivity contribution in [3.63, 3.8) is 0 Å². The number of fused-ring (bicyclic) bond motifs is 1. The van der Waals surface area contributed by atoms with E-state index in [2.05, 4.69) is 16.4 Å². The Morgan fingerprint density at radius 3 is 2.81 bits per heavy atom. The van der Waals surface area contributed by atoms with Crippen molar-refractivity contribution < 1.29 is 13.9 Å². The minimum Gasteiger partial charge on any atom is -0.454 e.